The molecule has 7 atom stereocenters. The Hall–Kier alpha value is -1.16. The maximum atomic E-state index is 12.6. The zero-order valence-corrected chi connectivity index (χ0v) is 16.5. The smallest absolute Gasteiger partial charge is 0.302 e. The number of carbonyl (C=O) groups excluding carboxylic acids is 2. The van der Waals surface area contributed by atoms with Gasteiger partial charge < -0.3 is 9.47 Å². The molecule has 26 heavy (non-hydrogen) atoms. The number of hydrogen-bond donors (Lipinski definition) is 0. The lowest BCUT2D eigenvalue weighted by molar-refractivity contribution is -0.149. The predicted molar refractivity (Wildman–Crippen MR) is 98.4 cm³/mol. The number of carbonyl (C=O) groups is 2. The molecule has 4 aliphatic carbocycles. The van der Waals surface area contributed by atoms with Gasteiger partial charge in [-0.2, -0.15) is 0 Å². The minimum atomic E-state index is -0.186. The van der Waals surface area contributed by atoms with Crippen LogP contribution in [0.1, 0.15) is 65.7 Å². The van der Waals surface area contributed by atoms with E-state index in [2.05, 4.69) is 19.9 Å². The van der Waals surface area contributed by atoms with E-state index < -0.39 is 0 Å². The van der Waals surface area contributed by atoms with Crippen LogP contribution in [0.5, 0.6) is 0 Å². The third-order valence-corrected chi connectivity index (χ3v) is 8.38. The molecule has 4 nitrogen and oxygen atoms in total. The monoisotopic (exact) mass is 360 g/mol. The van der Waals surface area contributed by atoms with Gasteiger partial charge in [-0.3, -0.25) is 9.59 Å². The Kier molecular flexibility index (Phi) is 4.33. The lowest BCUT2D eigenvalue weighted by Gasteiger charge is -2.58. The van der Waals surface area contributed by atoms with Crippen molar-refractivity contribution in [1.82, 2.24) is 0 Å². The second-order valence-electron chi connectivity index (χ2n) is 9.49. The molecule has 4 aliphatic rings. The molecule has 0 saturated heterocycles. The molecule has 3 fully saturated rings. The Bertz CT molecular complexity index is 653. The SMILES string of the molecule is COC1C=C2CC(OC(C)=O)CCC2(C)C2CCC3(C)C(=O)CCC3C12. The van der Waals surface area contributed by atoms with E-state index in [0.717, 1.165) is 44.9 Å². The van der Waals surface area contributed by atoms with Crippen molar-refractivity contribution in [3.05, 3.63) is 11.6 Å². The summed E-state index contributed by atoms with van der Waals surface area (Å²) >= 11 is 0. The highest BCUT2D eigenvalue weighted by molar-refractivity contribution is 5.87. The predicted octanol–water partition coefficient (Wildman–Crippen LogP) is 4.07. The molecule has 0 radical (unpaired) electrons. The highest BCUT2D eigenvalue weighted by atomic mass is 16.5. The van der Waals surface area contributed by atoms with E-state index in [-0.39, 0.29) is 29.0 Å². The number of ketones is 1. The summed E-state index contributed by atoms with van der Waals surface area (Å²) in [6.07, 6.45) is 9.12. The number of methoxy groups -OCH3 is 1. The van der Waals surface area contributed by atoms with E-state index >= 15 is 0 Å². The van der Waals surface area contributed by atoms with Crippen molar-refractivity contribution in [3.8, 4) is 0 Å². The minimum absolute atomic E-state index is 0.00259. The van der Waals surface area contributed by atoms with Crippen LogP contribution in [0.25, 0.3) is 0 Å². The molecule has 4 heteroatoms. The number of fused-ring (bicyclic) bond motifs is 5. The maximum absolute atomic E-state index is 12.6. The summed E-state index contributed by atoms with van der Waals surface area (Å²) in [6.45, 7) is 6.11. The summed E-state index contributed by atoms with van der Waals surface area (Å²) in [7, 11) is 1.80. The number of ether oxygens (including phenoxy) is 2. The quantitative estimate of drug-likeness (QED) is 0.550. The van der Waals surface area contributed by atoms with Crippen LogP contribution in [0.15, 0.2) is 11.6 Å². The highest BCUT2D eigenvalue weighted by Gasteiger charge is 2.61. The van der Waals surface area contributed by atoms with Gasteiger partial charge in [0.25, 0.3) is 0 Å². The Balaban J connectivity index is 1.68. The third kappa shape index (κ3) is 2.51. The standard InChI is InChI=1S/C22H32O4/c1-13(23)26-15-7-9-21(2)14(11-15)12-18(25-4)20-16-5-6-19(24)22(16,3)10-8-17(20)21/h12,15-18,20H,5-11H2,1-4H3. The molecule has 0 aliphatic heterocycles. The van der Waals surface area contributed by atoms with Crippen LogP contribution in [-0.4, -0.2) is 31.1 Å². The molecule has 0 spiro atoms. The Morgan fingerprint density at radius 1 is 1.12 bits per heavy atom. The largest absolute Gasteiger partial charge is 0.462 e. The van der Waals surface area contributed by atoms with Crippen molar-refractivity contribution in [3.63, 3.8) is 0 Å². The first-order valence-corrected chi connectivity index (χ1v) is 10.2. The fraction of sp³-hybridized carbons (Fsp3) is 0.818. The molecule has 0 heterocycles. The van der Waals surface area contributed by atoms with Crippen LogP contribution in [0.2, 0.25) is 0 Å². The first-order valence-electron chi connectivity index (χ1n) is 10.2. The zero-order chi connectivity index (χ0) is 18.7. The Labute approximate surface area is 156 Å². The lowest BCUT2D eigenvalue weighted by atomic mass is 9.47. The fourth-order valence-electron chi connectivity index (χ4n) is 6.92. The van der Waals surface area contributed by atoms with Crippen LogP contribution in [0.3, 0.4) is 0 Å². The van der Waals surface area contributed by atoms with E-state index in [1.54, 1.807) is 7.11 Å². The molecule has 0 aromatic heterocycles. The molecule has 0 aromatic carbocycles. The maximum Gasteiger partial charge on any atom is 0.302 e. The first-order chi connectivity index (χ1) is 12.3. The van der Waals surface area contributed by atoms with Gasteiger partial charge in [0.05, 0.1) is 6.10 Å². The van der Waals surface area contributed by atoms with Crippen molar-refractivity contribution in [1.29, 1.82) is 0 Å². The topological polar surface area (TPSA) is 52.6 Å². The summed E-state index contributed by atoms with van der Waals surface area (Å²) in [4.78, 5) is 24.0. The van der Waals surface area contributed by atoms with Crippen LogP contribution in [-0.2, 0) is 19.1 Å². The van der Waals surface area contributed by atoms with Crippen molar-refractivity contribution >= 4 is 11.8 Å². The van der Waals surface area contributed by atoms with Gasteiger partial charge in [0, 0.05) is 32.3 Å². The average Bonchev–Trinajstić information content (AvgIpc) is 2.89. The number of esters is 1. The number of rotatable bonds is 2. The van der Waals surface area contributed by atoms with E-state index in [0.29, 0.717) is 23.5 Å². The van der Waals surface area contributed by atoms with Gasteiger partial charge in [-0.05, 0) is 55.3 Å². The highest BCUT2D eigenvalue weighted by Crippen LogP contribution is 2.64. The van der Waals surface area contributed by atoms with Crippen LogP contribution < -0.4 is 0 Å². The molecule has 4 rings (SSSR count). The lowest BCUT2D eigenvalue weighted by Crippen LogP contribution is -2.55. The zero-order valence-electron chi connectivity index (χ0n) is 16.5. The van der Waals surface area contributed by atoms with Gasteiger partial charge in [-0.1, -0.05) is 25.5 Å². The molecule has 0 aromatic rings. The molecule has 3 saturated carbocycles. The van der Waals surface area contributed by atoms with Gasteiger partial charge in [-0.25, -0.2) is 0 Å². The molecule has 0 N–H and O–H groups in total. The summed E-state index contributed by atoms with van der Waals surface area (Å²) in [5.74, 6) is 1.72. The summed E-state index contributed by atoms with van der Waals surface area (Å²) < 4.78 is 11.5. The summed E-state index contributed by atoms with van der Waals surface area (Å²) in [5, 5.41) is 0. The van der Waals surface area contributed by atoms with E-state index in [9.17, 15) is 9.59 Å². The van der Waals surface area contributed by atoms with E-state index in [1.807, 2.05) is 0 Å². The summed E-state index contributed by atoms with van der Waals surface area (Å²) in [6, 6.07) is 0. The van der Waals surface area contributed by atoms with Gasteiger partial charge in [0.15, 0.2) is 0 Å². The number of Topliss-reactive ketones (excluding diaryl/α,β-unsaturated/α-hetero) is 1. The van der Waals surface area contributed by atoms with Crippen LogP contribution in [0.4, 0.5) is 0 Å². The Morgan fingerprint density at radius 2 is 1.81 bits per heavy atom. The van der Waals surface area contributed by atoms with Gasteiger partial charge in [0.2, 0.25) is 0 Å². The molecule has 0 amide bonds. The normalized spacial score (nSPS) is 47.5. The van der Waals surface area contributed by atoms with Gasteiger partial charge in [0.1, 0.15) is 11.9 Å². The van der Waals surface area contributed by atoms with Crippen LogP contribution >= 0.6 is 0 Å². The first kappa shape index (κ1) is 18.2. The van der Waals surface area contributed by atoms with Crippen molar-refractivity contribution in [2.45, 2.75) is 77.9 Å². The minimum Gasteiger partial charge on any atom is -0.462 e. The van der Waals surface area contributed by atoms with Gasteiger partial charge >= 0.3 is 5.97 Å². The average molecular weight is 360 g/mol. The second-order valence-corrected chi connectivity index (χ2v) is 9.49. The van der Waals surface area contributed by atoms with Crippen LogP contribution in [0, 0.1) is 28.6 Å². The van der Waals surface area contributed by atoms with Crippen molar-refractivity contribution in [2.75, 3.05) is 7.11 Å². The molecule has 0 bridgehead atoms. The van der Waals surface area contributed by atoms with Crippen molar-refractivity contribution in [2.24, 2.45) is 28.6 Å². The van der Waals surface area contributed by atoms with E-state index in [1.165, 1.54) is 12.5 Å². The number of hydrogen-bond acceptors (Lipinski definition) is 4. The fourth-order valence-corrected chi connectivity index (χ4v) is 6.92. The van der Waals surface area contributed by atoms with Crippen molar-refractivity contribution < 1.29 is 19.1 Å². The molecule has 7 unspecified atom stereocenters. The third-order valence-electron chi connectivity index (χ3n) is 8.38. The Morgan fingerprint density at radius 3 is 2.50 bits per heavy atom. The summed E-state index contributed by atoms with van der Waals surface area (Å²) in [5.41, 5.74) is 1.42. The molecular formula is C22H32O4. The van der Waals surface area contributed by atoms with Gasteiger partial charge in [-0.15, -0.1) is 0 Å². The molecular weight excluding hydrogens is 328 g/mol. The molecule has 144 valence electrons. The van der Waals surface area contributed by atoms with E-state index in [4.69, 9.17) is 9.47 Å². The second kappa shape index (κ2) is 6.19.